The molecule has 0 saturated heterocycles. The van der Waals surface area contributed by atoms with Crippen LogP contribution < -0.4 is 10.2 Å². The first-order valence-electron chi connectivity index (χ1n) is 7.57. The summed E-state index contributed by atoms with van der Waals surface area (Å²) in [5.74, 6) is 2.63. The molecule has 2 rings (SSSR count). The van der Waals surface area contributed by atoms with Crippen LogP contribution in [0.1, 0.15) is 39.2 Å². The minimum absolute atomic E-state index is 0.576. The first kappa shape index (κ1) is 15.8. The van der Waals surface area contributed by atoms with Gasteiger partial charge in [0, 0.05) is 35.9 Å². The molecular weight excluding hydrogens is 314 g/mol. The molecule has 0 amide bonds. The Morgan fingerprint density at radius 2 is 2.10 bits per heavy atom. The molecule has 1 unspecified atom stereocenters. The van der Waals surface area contributed by atoms with Gasteiger partial charge in [0.25, 0.3) is 0 Å². The molecule has 1 heterocycles. The van der Waals surface area contributed by atoms with E-state index in [2.05, 4.69) is 65.0 Å². The molecular formula is C16H26BrN3. The number of nitrogens with one attached hydrogen (secondary N) is 1. The lowest BCUT2D eigenvalue weighted by Gasteiger charge is -2.28. The predicted octanol–water partition coefficient (Wildman–Crippen LogP) is 3.82. The molecule has 20 heavy (non-hydrogen) atoms. The molecule has 1 aromatic heterocycles. The maximum Gasteiger partial charge on any atom is 0.133 e. The normalized spacial score (nSPS) is 16.5. The average molecular weight is 340 g/mol. The summed E-state index contributed by atoms with van der Waals surface area (Å²) in [6.45, 7) is 8.69. The van der Waals surface area contributed by atoms with E-state index in [0.717, 1.165) is 29.3 Å². The number of halogens is 1. The molecule has 0 radical (unpaired) electrons. The lowest BCUT2D eigenvalue weighted by atomic mass is 10.1. The largest absolute Gasteiger partial charge is 0.356 e. The van der Waals surface area contributed by atoms with E-state index in [9.17, 15) is 0 Å². The molecule has 0 aliphatic heterocycles. The van der Waals surface area contributed by atoms with Crippen LogP contribution in [0, 0.1) is 11.8 Å². The van der Waals surface area contributed by atoms with E-state index in [-0.39, 0.29) is 0 Å². The van der Waals surface area contributed by atoms with Crippen LogP contribution >= 0.6 is 15.9 Å². The number of hydrogen-bond acceptors (Lipinski definition) is 3. The predicted molar refractivity (Wildman–Crippen MR) is 89.1 cm³/mol. The van der Waals surface area contributed by atoms with E-state index in [1.807, 2.05) is 6.20 Å². The zero-order chi connectivity index (χ0) is 14.7. The minimum Gasteiger partial charge on any atom is -0.356 e. The van der Waals surface area contributed by atoms with E-state index in [1.165, 1.54) is 18.4 Å². The van der Waals surface area contributed by atoms with Gasteiger partial charge in [-0.1, -0.05) is 13.8 Å². The highest BCUT2D eigenvalue weighted by molar-refractivity contribution is 9.10. The molecule has 3 nitrogen and oxygen atoms in total. The molecule has 0 bridgehead atoms. The third-order valence-electron chi connectivity index (χ3n) is 4.03. The van der Waals surface area contributed by atoms with Crippen LogP contribution in [-0.4, -0.2) is 24.6 Å². The fraction of sp³-hybridized carbons (Fsp3) is 0.688. The molecule has 1 aliphatic rings. The minimum atomic E-state index is 0.576. The van der Waals surface area contributed by atoms with E-state index in [1.54, 1.807) is 0 Å². The highest BCUT2D eigenvalue weighted by Crippen LogP contribution is 2.36. The molecule has 0 aromatic carbocycles. The number of nitrogens with zero attached hydrogens (tertiary/aromatic N) is 2. The summed E-state index contributed by atoms with van der Waals surface area (Å²) in [6.07, 6.45) is 4.63. The van der Waals surface area contributed by atoms with Gasteiger partial charge in [0.2, 0.25) is 0 Å². The van der Waals surface area contributed by atoms with Crippen molar-refractivity contribution in [2.45, 2.75) is 46.2 Å². The molecule has 1 aromatic rings. The summed E-state index contributed by atoms with van der Waals surface area (Å²) in [4.78, 5) is 6.99. The van der Waals surface area contributed by atoms with Crippen molar-refractivity contribution >= 4 is 21.7 Å². The number of hydrogen-bond donors (Lipinski definition) is 1. The highest BCUT2D eigenvalue weighted by Gasteiger charge is 2.31. The standard InChI is InChI=1S/C16H26BrN3/c1-11(2)8-18-9-14-7-15(17)10-19-16(14)20(4)12(3)13-5-6-13/h7,10-13,18H,5-6,8-9H2,1-4H3. The second-order valence-electron chi connectivity index (χ2n) is 6.35. The first-order chi connectivity index (χ1) is 9.49. The Morgan fingerprint density at radius 1 is 1.40 bits per heavy atom. The van der Waals surface area contributed by atoms with Crippen molar-refractivity contribution in [1.29, 1.82) is 0 Å². The van der Waals surface area contributed by atoms with E-state index >= 15 is 0 Å². The zero-order valence-corrected chi connectivity index (χ0v) is 14.6. The van der Waals surface area contributed by atoms with Crippen molar-refractivity contribution in [3.63, 3.8) is 0 Å². The van der Waals surface area contributed by atoms with Gasteiger partial charge in [0.15, 0.2) is 0 Å². The fourth-order valence-corrected chi connectivity index (χ4v) is 2.88. The molecule has 1 fully saturated rings. The second kappa shape index (κ2) is 6.90. The Bertz CT molecular complexity index is 443. The number of rotatable bonds is 7. The van der Waals surface area contributed by atoms with E-state index in [0.29, 0.717) is 12.0 Å². The van der Waals surface area contributed by atoms with Gasteiger partial charge in [0.1, 0.15) is 5.82 Å². The van der Waals surface area contributed by atoms with Crippen molar-refractivity contribution in [2.24, 2.45) is 11.8 Å². The Morgan fingerprint density at radius 3 is 2.70 bits per heavy atom. The third-order valence-corrected chi connectivity index (χ3v) is 4.46. The van der Waals surface area contributed by atoms with Gasteiger partial charge in [-0.15, -0.1) is 0 Å². The van der Waals surface area contributed by atoms with Crippen LogP contribution in [0.2, 0.25) is 0 Å². The van der Waals surface area contributed by atoms with Gasteiger partial charge in [0.05, 0.1) is 0 Å². The van der Waals surface area contributed by atoms with Crippen LogP contribution in [-0.2, 0) is 6.54 Å². The molecule has 1 aliphatic carbocycles. The summed E-state index contributed by atoms with van der Waals surface area (Å²) in [5, 5.41) is 3.52. The lowest BCUT2D eigenvalue weighted by molar-refractivity contribution is 0.548. The Kier molecular flexibility index (Phi) is 5.44. The number of aromatic nitrogens is 1. The molecule has 1 N–H and O–H groups in total. The second-order valence-corrected chi connectivity index (χ2v) is 7.27. The number of pyridine rings is 1. The average Bonchev–Trinajstić information content (AvgIpc) is 3.21. The SMILES string of the molecule is CC(C)CNCc1cc(Br)cnc1N(C)C(C)C1CC1. The van der Waals surface area contributed by atoms with Crippen molar-refractivity contribution in [3.05, 3.63) is 22.3 Å². The monoisotopic (exact) mass is 339 g/mol. The van der Waals surface area contributed by atoms with Crippen LogP contribution in [0.15, 0.2) is 16.7 Å². The maximum atomic E-state index is 4.65. The van der Waals surface area contributed by atoms with Crippen molar-refractivity contribution in [3.8, 4) is 0 Å². The molecule has 4 heteroatoms. The lowest BCUT2D eigenvalue weighted by Crippen LogP contribution is -2.33. The Labute approximate surface area is 131 Å². The van der Waals surface area contributed by atoms with Crippen LogP contribution in [0.25, 0.3) is 0 Å². The van der Waals surface area contributed by atoms with Gasteiger partial charge < -0.3 is 10.2 Å². The van der Waals surface area contributed by atoms with Gasteiger partial charge in [-0.05, 0) is 60.1 Å². The van der Waals surface area contributed by atoms with E-state index in [4.69, 9.17) is 0 Å². The Balaban J connectivity index is 2.09. The summed E-state index contributed by atoms with van der Waals surface area (Å²) < 4.78 is 1.05. The summed E-state index contributed by atoms with van der Waals surface area (Å²) in [6, 6.07) is 2.76. The van der Waals surface area contributed by atoms with Crippen molar-refractivity contribution < 1.29 is 0 Å². The van der Waals surface area contributed by atoms with Crippen molar-refractivity contribution in [1.82, 2.24) is 10.3 Å². The smallest absolute Gasteiger partial charge is 0.133 e. The van der Waals surface area contributed by atoms with Crippen LogP contribution in [0.5, 0.6) is 0 Å². The molecule has 1 atom stereocenters. The highest BCUT2D eigenvalue weighted by atomic mass is 79.9. The Hall–Kier alpha value is -0.610. The summed E-state index contributed by atoms with van der Waals surface area (Å²) in [7, 11) is 2.17. The fourth-order valence-electron chi connectivity index (χ4n) is 2.50. The van der Waals surface area contributed by atoms with E-state index < -0.39 is 0 Å². The van der Waals surface area contributed by atoms with Crippen LogP contribution in [0.3, 0.4) is 0 Å². The number of anilines is 1. The molecule has 1 saturated carbocycles. The van der Waals surface area contributed by atoms with Gasteiger partial charge in [-0.25, -0.2) is 4.98 Å². The maximum absolute atomic E-state index is 4.65. The van der Waals surface area contributed by atoms with Gasteiger partial charge >= 0.3 is 0 Å². The summed E-state index contributed by atoms with van der Waals surface area (Å²) in [5.41, 5.74) is 1.27. The molecule has 112 valence electrons. The third kappa shape index (κ3) is 4.19. The molecule has 0 spiro atoms. The van der Waals surface area contributed by atoms with Crippen LogP contribution in [0.4, 0.5) is 5.82 Å². The quantitative estimate of drug-likeness (QED) is 0.818. The first-order valence-corrected chi connectivity index (χ1v) is 8.36. The summed E-state index contributed by atoms with van der Waals surface area (Å²) >= 11 is 3.54. The topological polar surface area (TPSA) is 28.2 Å². The zero-order valence-electron chi connectivity index (χ0n) is 13.0. The van der Waals surface area contributed by atoms with Crippen molar-refractivity contribution in [2.75, 3.05) is 18.5 Å². The van der Waals surface area contributed by atoms with Gasteiger partial charge in [-0.2, -0.15) is 0 Å². The van der Waals surface area contributed by atoms with Gasteiger partial charge in [-0.3, -0.25) is 0 Å².